The molecule has 0 spiro atoms. The van der Waals surface area contributed by atoms with Crippen LogP contribution in [0, 0.1) is 11.8 Å². The largest absolute Gasteiger partial charge is 0.480 e. The van der Waals surface area contributed by atoms with Crippen molar-refractivity contribution >= 4 is 23.7 Å². The number of nitrogens with zero attached hydrogens (tertiary/aromatic N) is 2. The Morgan fingerprint density at radius 3 is 2.16 bits per heavy atom. The summed E-state index contributed by atoms with van der Waals surface area (Å²) in [5.41, 5.74) is 6.08. The van der Waals surface area contributed by atoms with Gasteiger partial charge in [-0.25, -0.2) is 4.79 Å². The van der Waals surface area contributed by atoms with Crippen LogP contribution in [0.3, 0.4) is 0 Å². The molecule has 0 aliphatic carbocycles. The SMILES string of the molecule is CCC(C)C(NC(=O)C1CCCN1C(=O)C1CCCN1C(=O)C(N)CC(C)C)C(=O)O. The standard InChI is InChI=1S/C22H38N4O5/c1-5-14(4)18(22(30)31)24-19(27)16-8-6-10-25(16)21(29)17-9-7-11-26(17)20(28)15(23)12-13(2)3/h13-18H,5-12,23H2,1-4H3,(H,24,27)(H,30,31). The summed E-state index contributed by atoms with van der Waals surface area (Å²) in [7, 11) is 0. The van der Waals surface area contributed by atoms with Gasteiger partial charge in [0.15, 0.2) is 0 Å². The van der Waals surface area contributed by atoms with Crippen molar-refractivity contribution < 1.29 is 24.3 Å². The Hall–Kier alpha value is -2.16. The lowest BCUT2D eigenvalue weighted by atomic mass is 9.98. The third kappa shape index (κ3) is 5.96. The van der Waals surface area contributed by atoms with E-state index < -0.39 is 36.0 Å². The van der Waals surface area contributed by atoms with Crippen molar-refractivity contribution in [2.45, 2.75) is 90.4 Å². The predicted molar refractivity (Wildman–Crippen MR) is 116 cm³/mol. The molecule has 0 radical (unpaired) electrons. The maximum absolute atomic E-state index is 13.3. The Balaban J connectivity index is 2.10. The molecular weight excluding hydrogens is 400 g/mol. The molecule has 0 bridgehead atoms. The monoisotopic (exact) mass is 438 g/mol. The number of carbonyl (C=O) groups excluding carboxylic acids is 3. The number of carbonyl (C=O) groups is 4. The summed E-state index contributed by atoms with van der Waals surface area (Å²) >= 11 is 0. The number of carboxylic acids is 1. The Morgan fingerprint density at radius 1 is 1.03 bits per heavy atom. The third-order valence-electron chi connectivity index (χ3n) is 6.48. The van der Waals surface area contributed by atoms with Crippen molar-refractivity contribution in [3.05, 3.63) is 0 Å². The van der Waals surface area contributed by atoms with E-state index in [1.807, 2.05) is 20.8 Å². The van der Waals surface area contributed by atoms with Gasteiger partial charge >= 0.3 is 5.97 Å². The number of hydrogen-bond donors (Lipinski definition) is 3. The zero-order valence-electron chi connectivity index (χ0n) is 19.2. The molecule has 9 nitrogen and oxygen atoms in total. The van der Waals surface area contributed by atoms with Gasteiger partial charge in [0, 0.05) is 13.1 Å². The van der Waals surface area contributed by atoms with Crippen molar-refractivity contribution in [3.63, 3.8) is 0 Å². The van der Waals surface area contributed by atoms with Crippen molar-refractivity contribution in [1.82, 2.24) is 15.1 Å². The summed E-state index contributed by atoms with van der Waals surface area (Å²) in [6, 6.07) is -2.95. The fraction of sp³-hybridized carbons (Fsp3) is 0.818. The van der Waals surface area contributed by atoms with E-state index in [2.05, 4.69) is 5.32 Å². The van der Waals surface area contributed by atoms with Crippen molar-refractivity contribution in [3.8, 4) is 0 Å². The molecule has 0 aromatic rings. The molecule has 2 aliphatic heterocycles. The second-order valence-corrected chi connectivity index (χ2v) is 9.33. The van der Waals surface area contributed by atoms with E-state index in [-0.39, 0.29) is 23.7 Å². The smallest absolute Gasteiger partial charge is 0.326 e. The van der Waals surface area contributed by atoms with Gasteiger partial charge in [-0.2, -0.15) is 0 Å². The summed E-state index contributed by atoms with van der Waals surface area (Å²) in [5.74, 6) is -1.92. The van der Waals surface area contributed by atoms with Crippen LogP contribution < -0.4 is 11.1 Å². The topological polar surface area (TPSA) is 133 Å². The maximum Gasteiger partial charge on any atom is 0.326 e. The molecule has 2 heterocycles. The second-order valence-electron chi connectivity index (χ2n) is 9.33. The van der Waals surface area contributed by atoms with E-state index in [0.29, 0.717) is 45.2 Å². The molecule has 3 amide bonds. The van der Waals surface area contributed by atoms with Gasteiger partial charge in [-0.1, -0.05) is 34.1 Å². The molecule has 5 unspecified atom stereocenters. The minimum atomic E-state index is -1.08. The van der Waals surface area contributed by atoms with Crippen LogP contribution in [0.25, 0.3) is 0 Å². The Morgan fingerprint density at radius 2 is 1.61 bits per heavy atom. The van der Waals surface area contributed by atoms with Crippen LogP contribution in [0.2, 0.25) is 0 Å². The maximum atomic E-state index is 13.3. The Bertz CT molecular complexity index is 683. The van der Waals surface area contributed by atoms with E-state index in [1.165, 1.54) is 4.90 Å². The van der Waals surface area contributed by atoms with E-state index >= 15 is 0 Å². The lowest BCUT2D eigenvalue weighted by Crippen LogP contribution is -2.57. The van der Waals surface area contributed by atoms with Gasteiger partial charge in [-0.05, 0) is 43.9 Å². The molecule has 5 atom stereocenters. The zero-order valence-corrected chi connectivity index (χ0v) is 19.2. The average molecular weight is 439 g/mol. The first-order valence-electron chi connectivity index (χ1n) is 11.5. The minimum Gasteiger partial charge on any atom is -0.480 e. The number of amides is 3. The van der Waals surface area contributed by atoms with Gasteiger partial charge in [0.1, 0.15) is 18.1 Å². The number of hydrogen-bond acceptors (Lipinski definition) is 5. The second kappa shape index (κ2) is 10.9. The van der Waals surface area contributed by atoms with Crippen LogP contribution in [-0.2, 0) is 19.2 Å². The molecular formula is C22H38N4O5. The quantitative estimate of drug-likeness (QED) is 0.491. The first-order valence-corrected chi connectivity index (χ1v) is 11.5. The van der Waals surface area contributed by atoms with Crippen molar-refractivity contribution in [2.24, 2.45) is 17.6 Å². The van der Waals surface area contributed by atoms with Crippen molar-refractivity contribution in [1.29, 1.82) is 0 Å². The number of carboxylic acid groups (broad SMARTS) is 1. The summed E-state index contributed by atoms with van der Waals surface area (Å²) in [4.78, 5) is 53.7. The molecule has 176 valence electrons. The van der Waals surface area contributed by atoms with Gasteiger partial charge in [0.25, 0.3) is 0 Å². The van der Waals surface area contributed by atoms with Crippen LogP contribution in [0.5, 0.6) is 0 Å². The van der Waals surface area contributed by atoms with Gasteiger partial charge in [-0.3, -0.25) is 14.4 Å². The van der Waals surface area contributed by atoms with E-state index in [9.17, 15) is 24.3 Å². The number of aliphatic carboxylic acids is 1. The highest BCUT2D eigenvalue weighted by Crippen LogP contribution is 2.26. The van der Waals surface area contributed by atoms with Crippen LogP contribution in [0.4, 0.5) is 0 Å². The number of likely N-dealkylation sites (tertiary alicyclic amines) is 2. The first kappa shape index (κ1) is 25.1. The number of rotatable bonds is 9. The van der Waals surface area contributed by atoms with E-state index in [4.69, 9.17) is 5.73 Å². The molecule has 4 N–H and O–H groups in total. The molecule has 31 heavy (non-hydrogen) atoms. The van der Waals surface area contributed by atoms with Gasteiger partial charge in [0.05, 0.1) is 6.04 Å². The molecule has 0 aromatic heterocycles. The van der Waals surface area contributed by atoms with Gasteiger partial charge in [-0.15, -0.1) is 0 Å². The zero-order chi connectivity index (χ0) is 23.3. The highest BCUT2D eigenvalue weighted by molar-refractivity contribution is 5.94. The lowest BCUT2D eigenvalue weighted by molar-refractivity contribution is -0.148. The molecule has 2 saturated heterocycles. The molecule has 9 heteroatoms. The van der Waals surface area contributed by atoms with E-state index in [0.717, 1.165) is 6.42 Å². The minimum absolute atomic E-state index is 0.215. The Labute approximate surface area is 184 Å². The lowest BCUT2D eigenvalue weighted by Gasteiger charge is -2.33. The van der Waals surface area contributed by atoms with Gasteiger partial charge < -0.3 is 26.0 Å². The molecule has 2 rings (SSSR count). The Kier molecular flexibility index (Phi) is 8.85. The van der Waals surface area contributed by atoms with Crippen LogP contribution >= 0.6 is 0 Å². The molecule has 2 aliphatic rings. The average Bonchev–Trinajstić information content (AvgIpc) is 3.39. The van der Waals surface area contributed by atoms with Crippen molar-refractivity contribution in [2.75, 3.05) is 13.1 Å². The fourth-order valence-corrected chi connectivity index (χ4v) is 4.54. The molecule has 0 aromatic carbocycles. The molecule has 2 fully saturated rings. The van der Waals surface area contributed by atoms with Crippen LogP contribution in [0.1, 0.15) is 66.2 Å². The highest BCUT2D eigenvalue weighted by atomic mass is 16.4. The fourth-order valence-electron chi connectivity index (χ4n) is 4.54. The van der Waals surface area contributed by atoms with Crippen LogP contribution in [0.15, 0.2) is 0 Å². The van der Waals surface area contributed by atoms with Gasteiger partial charge in [0.2, 0.25) is 17.7 Å². The summed E-state index contributed by atoms with van der Waals surface area (Å²) in [6.07, 6.45) is 3.58. The van der Waals surface area contributed by atoms with E-state index in [1.54, 1.807) is 11.8 Å². The molecule has 0 saturated carbocycles. The third-order valence-corrected chi connectivity index (χ3v) is 6.48. The highest BCUT2D eigenvalue weighted by Gasteiger charge is 2.43. The predicted octanol–water partition coefficient (Wildman–Crippen LogP) is 0.957. The summed E-state index contributed by atoms with van der Waals surface area (Å²) in [6.45, 7) is 8.55. The van der Waals surface area contributed by atoms with Crippen LogP contribution in [-0.4, -0.2) is 75.9 Å². The summed E-state index contributed by atoms with van der Waals surface area (Å²) < 4.78 is 0. The number of nitrogens with one attached hydrogen (secondary N) is 1. The number of nitrogens with two attached hydrogens (primary N) is 1. The summed E-state index contributed by atoms with van der Waals surface area (Å²) in [5, 5.41) is 12.1. The normalized spacial score (nSPS) is 24.2. The first-order chi connectivity index (χ1) is 14.6.